The molecule has 0 bridgehead atoms. The van der Waals surface area contributed by atoms with Crippen molar-refractivity contribution in [3.63, 3.8) is 0 Å². The number of aromatic nitrogens is 1. The lowest BCUT2D eigenvalue weighted by Crippen LogP contribution is -2.49. The molecule has 0 N–H and O–H groups in total. The van der Waals surface area contributed by atoms with Crippen molar-refractivity contribution in [1.29, 1.82) is 0 Å². The lowest BCUT2D eigenvalue weighted by Gasteiger charge is -2.35. The molecular formula is C13H20BrN3O2S. The lowest BCUT2D eigenvalue weighted by molar-refractivity contribution is 0.0139. The molecule has 7 heteroatoms. The summed E-state index contributed by atoms with van der Waals surface area (Å²) < 4.78 is 6.44. The molecule has 0 atom stereocenters. The highest BCUT2D eigenvalue weighted by Gasteiger charge is 2.26. The summed E-state index contributed by atoms with van der Waals surface area (Å²) in [5.41, 5.74) is -0.429. The minimum absolute atomic E-state index is 0.214. The van der Waals surface area contributed by atoms with E-state index in [4.69, 9.17) is 4.74 Å². The van der Waals surface area contributed by atoms with E-state index in [0.717, 1.165) is 28.4 Å². The number of thiazole rings is 1. The normalized spacial score (nSPS) is 17.3. The molecule has 0 radical (unpaired) electrons. The second kappa shape index (κ2) is 6.41. The third kappa shape index (κ3) is 4.71. The van der Waals surface area contributed by atoms with E-state index < -0.39 is 5.60 Å². The Morgan fingerprint density at radius 3 is 2.55 bits per heavy atom. The third-order valence-corrected chi connectivity index (χ3v) is 4.37. The molecule has 1 aliphatic rings. The molecule has 112 valence electrons. The average molecular weight is 362 g/mol. The van der Waals surface area contributed by atoms with Crippen LogP contribution in [0.4, 0.5) is 4.79 Å². The van der Waals surface area contributed by atoms with Gasteiger partial charge in [-0.2, -0.15) is 0 Å². The van der Waals surface area contributed by atoms with E-state index in [0.29, 0.717) is 13.1 Å². The number of amides is 1. The minimum Gasteiger partial charge on any atom is -0.444 e. The Morgan fingerprint density at radius 1 is 1.40 bits per heavy atom. The van der Waals surface area contributed by atoms with Crippen molar-refractivity contribution < 1.29 is 9.53 Å². The fourth-order valence-corrected chi connectivity index (χ4v) is 3.31. The van der Waals surface area contributed by atoms with Gasteiger partial charge in [0.25, 0.3) is 0 Å². The number of ether oxygens (including phenoxy) is 1. The zero-order valence-corrected chi connectivity index (χ0v) is 14.5. The molecule has 2 heterocycles. The Bertz CT molecular complexity index is 464. The Labute approximate surface area is 132 Å². The van der Waals surface area contributed by atoms with Crippen LogP contribution in [0.5, 0.6) is 0 Å². The van der Waals surface area contributed by atoms with Gasteiger partial charge in [0, 0.05) is 26.2 Å². The number of halogens is 1. The molecule has 1 fully saturated rings. The predicted octanol–water partition coefficient (Wildman–Crippen LogP) is 2.96. The molecule has 20 heavy (non-hydrogen) atoms. The summed E-state index contributed by atoms with van der Waals surface area (Å²) in [5, 5.41) is 1.10. The van der Waals surface area contributed by atoms with Gasteiger partial charge in [0.05, 0.1) is 16.5 Å². The van der Waals surface area contributed by atoms with Gasteiger partial charge in [0.1, 0.15) is 10.6 Å². The van der Waals surface area contributed by atoms with E-state index in [9.17, 15) is 4.79 Å². The predicted molar refractivity (Wildman–Crippen MR) is 82.9 cm³/mol. The second-order valence-electron chi connectivity index (χ2n) is 5.80. The van der Waals surface area contributed by atoms with E-state index in [1.807, 2.05) is 27.0 Å². The molecule has 2 rings (SSSR count). The lowest BCUT2D eigenvalue weighted by atomic mass is 10.2. The fraction of sp³-hybridized carbons (Fsp3) is 0.692. The van der Waals surface area contributed by atoms with E-state index >= 15 is 0 Å². The molecule has 1 aromatic heterocycles. The third-order valence-electron chi connectivity index (χ3n) is 2.91. The zero-order valence-electron chi connectivity index (χ0n) is 12.1. The van der Waals surface area contributed by atoms with Crippen molar-refractivity contribution >= 4 is 33.4 Å². The summed E-state index contributed by atoms with van der Waals surface area (Å²) in [4.78, 5) is 20.4. The van der Waals surface area contributed by atoms with Crippen molar-refractivity contribution in [2.45, 2.75) is 32.9 Å². The summed E-state index contributed by atoms with van der Waals surface area (Å²) >= 11 is 5.08. The molecule has 0 aliphatic carbocycles. The highest BCUT2D eigenvalue weighted by atomic mass is 79.9. The molecule has 0 unspecified atom stereocenters. The number of hydrogen-bond donors (Lipinski definition) is 0. The standard InChI is InChI=1S/C13H20BrN3O2S/c1-13(2,3)19-12(18)17-6-4-16(5-7-17)9-11-15-8-10(14)20-11/h8H,4-7,9H2,1-3H3. The number of carbonyl (C=O) groups is 1. The van der Waals surface area contributed by atoms with Crippen LogP contribution in [0, 0.1) is 0 Å². The monoisotopic (exact) mass is 361 g/mol. The highest BCUT2D eigenvalue weighted by Crippen LogP contribution is 2.21. The van der Waals surface area contributed by atoms with E-state index in [2.05, 4.69) is 25.8 Å². The van der Waals surface area contributed by atoms with Gasteiger partial charge in [-0.15, -0.1) is 11.3 Å². The Hall–Kier alpha value is -0.660. The first-order valence-corrected chi connectivity index (χ1v) is 8.25. The van der Waals surface area contributed by atoms with Gasteiger partial charge in [0.2, 0.25) is 0 Å². The minimum atomic E-state index is -0.429. The molecule has 0 spiro atoms. The van der Waals surface area contributed by atoms with Gasteiger partial charge in [0.15, 0.2) is 0 Å². The van der Waals surface area contributed by atoms with Crippen LogP contribution in [0.25, 0.3) is 0 Å². The van der Waals surface area contributed by atoms with Crippen LogP contribution < -0.4 is 0 Å². The van der Waals surface area contributed by atoms with E-state index in [1.54, 1.807) is 16.2 Å². The first kappa shape index (κ1) is 15.7. The van der Waals surface area contributed by atoms with E-state index in [-0.39, 0.29) is 6.09 Å². The Balaban J connectivity index is 1.79. The summed E-state index contributed by atoms with van der Waals surface area (Å²) in [6.07, 6.45) is 1.62. The van der Waals surface area contributed by atoms with Gasteiger partial charge in [-0.3, -0.25) is 4.90 Å². The number of carbonyl (C=O) groups excluding carboxylic acids is 1. The quantitative estimate of drug-likeness (QED) is 0.812. The van der Waals surface area contributed by atoms with Gasteiger partial charge in [-0.1, -0.05) is 0 Å². The van der Waals surface area contributed by atoms with Crippen LogP contribution in [0.15, 0.2) is 9.98 Å². The van der Waals surface area contributed by atoms with Crippen molar-refractivity contribution in [2.24, 2.45) is 0 Å². The second-order valence-corrected chi connectivity index (χ2v) is 8.30. The topological polar surface area (TPSA) is 45.7 Å². The highest BCUT2D eigenvalue weighted by molar-refractivity contribution is 9.11. The Morgan fingerprint density at radius 2 is 2.05 bits per heavy atom. The maximum atomic E-state index is 12.0. The smallest absolute Gasteiger partial charge is 0.410 e. The number of piperazine rings is 1. The first-order valence-electron chi connectivity index (χ1n) is 6.64. The summed E-state index contributed by atoms with van der Waals surface area (Å²) in [7, 11) is 0. The van der Waals surface area contributed by atoms with Crippen LogP contribution in [0.1, 0.15) is 25.8 Å². The molecule has 0 aromatic carbocycles. The summed E-state index contributed by atoms with van der Waals surface area (Å²) in [6, 6.07) is 0. The van der Waals surface area contributed by atoms with E-state index in [1.165, 1.54) is 0 Å². The SMILES string of the molecule is CC(C)(C)OC(=O)N1CCN(Cc2ncc(Br)s2)CC1. The van der Waals surface area contributed by atoms with Crippen LogP contribution in [-0.2, 0) is 11.3 Å². The van der Waals surface area contributed by atoms with Crippen LogP contribution in [-0.4, -0.2) is 52.7 Å². The number of rotatable bonds is 2. The molecular weight excluding hydrogens is 342 g/mol. The molecule has 1 aliphatic heterocycles. The largest absolute Gasteiger partial charge is 0.444 e. The molecule has 1 aromatic rings. The summed E-state index contributed by atoms with van der Waals surface area (Å²) in [5.74, 6) is 0. The number of hydrogen-bond acceptors (Lipinski definition) is 5. The van der Waals surface area contributed by atoms with Crippen LogP contribution in [0.3, 0.4) is 0 Å². The van der Waals surface area contributed by atoms with Gasteiger partial charge < -0.3 is 9.64 Å². The molecule has 0 saturated carbocycles. The van der Waals surface area contributed by atoms with Crippen LogP contribution in [0.2, 0.25) is 0 Å². The Kier molecular flexibility index (Phi) is 5.04. The van der Waals surface area contributed by atoms with Crippen molar-refractivity contribution in [3.8, 4) is 0 Å². The molecule has 5 nitrogen and oxygen atoms in total. The average Bonchev–Trinajstić information content (AvgIpc) is 2.73. The van der Waals surface area contributed by atoms with Crippen molar-refractivity contribution in [3.05, 3.63) is 15.0 Å². The molecule has 1 saturated heterocycles. The maximum Gasteiger partial charge on any atom is 0.410 e. The summed E-state index contributed by atoms with van der Waals surface area (Å²) in [6.45, 7) is 9.65. The van der Waals surface area contributed by atoms with Crippen molar-refractivity contribution in [1.82, 2.24) is 14.8 Å². The maximum absolute atomic E-state index is 12.0. The fourth-order valence-electron chi connectivity index (χ4n) is 1.97. The number of nitrogens with zero attached hydrogens (tertiary/aromatic N) is 3. The molecule has 1 amide bonds. The van der Waals surface area contributed by atoms with Gasteiger partial charge >= 0.3 is 6.09 Å². The van der Waals surface area contributed by atoms with Gasteiger partial charge in [-0.05, 0) is 36.7 Å². The van der Waals surface area contributed by atoms with Crippen molar-refractivity contribution in [2.75, 3.05) is 26.2 Å². The zero-order chi connectivity index (χ0) is 14.8. The van der Waals surface area contributed by atoms with Gasteiger partial charge in [-0.25, -0.2) is 9.78 Å². The first-order chi connectivity index (χ1) is 9.33. The van der Waals surface area contributed by atoms with Crippen LogP contribution >= 0.6 is 27.3 Å².